The highest BCUT2D eigenvalue weighted by Gasteiger charge is 2.26. The first kappa shape index (κ1) is 18.4. The van der Waals surface area contributed by atoms with Crippen molar-refractivity contribution in [1.29, 1.82) is 0 Å². The maximum absolute atomic E-state index is 12.1. The Morgan fingerprint density at radius 1 is 1.15 bits per heavy atom. The predicted molar refractivity (Wildman–Crippen MR) is 95.5 cm³/mol. The van der Waals surface area contributed by atoms with Gasteiger partial charge in [-0.05, 0) is 29.3 Å². The standard InChI is InChI=1S/C20H19NO6/c22-18(21-10-9-19(23)24)12-26-15-7-5-13(6-8-15)17-11-14-3-1-2-4-16(14)20(25)27-17/h1-8,17H,9-12H2,(H,21,22)(H,23,24)/t17-/m0/s1. The van der Waals surface area contributed by atoms with Crippen molar-refractivity contribution in [2.24, 2.45) is 0 Å². The quantitative estimate of drug-likeness (QED) is 0.725. The number of esters is 1. The van der Waals surface area contributed by atoms with Gasteiger partial charge in [-0.15, -0.1) is 0 Å². The van der Waals surface area contributed by atoms with Gasteiger partial charge in [0.2, 0.25) is 0 Å². The van der Waals surface area contributed by atoms with Crippen molar-refractivity contribution in [2.45, 2.75) is 18.9 Å². The molecule has 2 aromatic rings. The van der Waals surface area contributed by atoms with Crippen LogP contribution < -0.4 is 10.1 Å². The zero-order chi connectivity index (χ0) is 19.2. The Bertz CT molecular complexity index is 846. The lowest BCUT2D eigenvalue weighted by Crippen LogP contribution is -2.30. The van der Waals surface area contributed by atoms with Gasteiger partial charge in [-0.25, -0.2) is 4.79 Å². The molecule has 1 heterocycles. The molecule has 0 saturated carbocycles. The number of benzene rings is 2. The lowest BCUT2D eigenvalue weighted by atomic mass is 9.95. The first-order valence-electron chi connectivity index (χ1n) is 8.53. The van der Waals surface area contributed by atoms with E-state index in [1.165, 1.54) is 0 Å². The van der Waals surface area contributed by atoms with Crippen LogP contribution in [0.25, 0.3) is 0 Å². The van der Waals surface area contributed by atoms with E-state index in [2.05, 4.69) is 5.32 Å². The van der Waals surface area contributed by atoms with Crippen molar-refractivity contribution in [3.63, 3.8) is 0 Å². The first-order chi connectivity index (χ1) is 13.0. The smallest absolute Gasteiger partial charge is 0.339 e. The summed E-state index contributed by atoms with van der Waals surface area (Å²) in [6, 6.07) is 14.4. The Morgan fingerprint density at radius 2 is 1.89 bits per heavy atom. The largest absolute Gasteiger partial charge is 0.484 e. The number of carbonyl (C=O) groups is 3. The number of rotatable bonds is 7. The molecule has 1 amide bonds. The minimum absolute atomic E-state index is 0.0605. The molecule has 7 nitrogen and oxygen atoms in total. The molecule has 3 rings (SSSR count). The summed E-state index contributed by atoms with van der Waals surface area (Å²) in [5.41, 5.74) is 2.40. The second-order valence-corrected chi connectivity index (χ2v) is 6.11. The van der Waals surface area contributed by atoms with Crippen LogP contribution >= 0.6 is 0 Å². The number of nitrogens with one attached hydrogen (secondary N) is 1. The van der Waals surface area contributed by atoms with Gasteiger partial charge in [0.1, 0.15) is 11.9 Å². The van der Waals surface area contributed by atoms with E-state index in [0.29, 0.717) is 17.7 Å². The Morgan fingerprint density at radius 3 is 2.63 bits per heavy atom. The van der Waals surface area contributed by atoms with Gasteiger partial charge in [0.05, 0.1) is 12.0 Å². The van der Waals surface area contributed by atoms with Crippen LogP contribution in [0.1, 0.15) is 34.0 Å². The third-order valence-corrected chi connectivity index (χ3v) is 4.17. The molecule has 2 aromatic carbocycles. The third-order valence-electron chi connectivity index (χ3n) is 4.17. The highest BCUT2D eigenvalue weighted by molar-refractivity contribution is 5.92. The number of fused-ring (bicyclic) bond motifs is 1. The van der Waals surface area contributed by atoms with Gasteiger partial charge in [0, 0.05) is 13.0 Å². The van der Waals surface area contributed by atoms with Crippen LogP contribution in [0.4, 0.5) is 0 Å². The molecule has 0 bridgehead atoms. The molecule has 0 saturated heterocycles. The highest BCUT2D eigenvalue weighted by atomic mass is 16.5. The van der Waals surface area contributed by atoms with Gasteiger partial charge < -0.3 is 19.9 Å². The fourth-order valence-corrected chi connectivity index (χ4v) is 2.80. The van der Waals surface area contributed by atoms with Crippen molar-refractivity contribution in [1.82, 2.24) is 5.32 Å². The number of carboxylic acid groups (broad SMARTS) is 1. The molecular formula is C20H19NO6. The zero-order valence-electron chi connectivity index (χ0n) is 14.5. The molecule has 27 heavy (non-hydrogen) atoms. The molecule has 0 aliphatic carbocycles. The number of aliphatic carboxylic acids is 1. The summed E-state index contributed by atoms with van der Waals surface area (Å²) in [5, 5.41) is 11.0. The van der Waals surface area contributed by atoms with E-state index in [9.17, 15) is 14.4 Å². The highest BCUT2D eigenvalue weighted by Crippen LogP contribution is 2.31. The fourth-order valence-electron chi connectivity index (χ4n) is 2.80. The van der Waals surface area contributed by atoms with Crippen LogP contribution in [0.15, 0.2) is 48.5 Å². The van der Waals surface area contributed by atoms with E-state index < -0.39 is 11.9 Å². The van der Waals surface area contributed by atoms with E-state index in [1.54, 1.807) is 30.3 Å². The Kier molecular flexibility index (Phi) is 5.71. The molecule has 1 atom stereocenters. The molecule has 140 valence electrons. The number of amides is 1. The Labute approximate surface area is 155 Å². The molecule has 2 N–H and O–H groups in total. The Hall–Kier alpha value is -3.35. The second kappa shape index (κ2) is 8.35. The lowest BCUT2D eigenvalue weighted by molar-refractivity contribution is -0.137. The average Bonchev–Trinajstić information content (AvgIpc) is 2.66. The van der Waals surface area contributed by atoms with Crippen molar-refractivity contribution in [2.75, 3.05) is 13.2 Å². The average molecular weight is 369 g/mol. The molecule has 0 spiro atoms. The van der Waals surface area contributed by atoms with E-state index >= 15 is 0 Å². The molecule has 0 unspecified atom stereocenters. The van der Waals surface area contributed by atoms with Crippen molar-refractivity contribution < 1.29 is 29.0 Å². The van der Waals surface area contributed by atoms with E-state index in [1.807, 2.05) is 18.2 Å². The summed E-state index contributed by atoms with van der Waals surface area (Å²) in [5.74, 6) is -1.20. The van der Waals surface area contributed by atoms with Gasteiger partial charge in [0.15, 0.2) is 6.61 Å². The van der Waals surface area contributed by atoms with Gasteiger partial charge in [-0.3, -0.25) is 9.59 Å². The van der Waals surface area contributed by atoms with Crippen molar-refractivity contribution in [3.05, 3.63) is 65.2 Å². The van der Waals surface area contributed by atoms with Crippen molar-refractivity contribution >= 4 is 17.8 Å². The van der Waals surface area contributed by atoms with Gasteiger partial charge in [0.25, 0.3) is 5.91 Å². The SMILES string of the molecule is O=C(O)CCNC(=O)COc1ccc([C@@H]2Cc3ccccc3C(=O)O2)cc1. The molecule has 0 radical (unpaired) electrons. The number of hydrogen-bond acceptors (Lipinski definition) is 5. The number of ether oxygens (including phenoxy) is 2. The van der Waals surface area contributed by atoms with Crippen LogP contribution in [0.5, 0.6) is 5.75 Å². The van der Waals surface area contributed by atoms with Crippen LogP contribution in [0.2, 0.25) is 0 Å². The molecule has 1 aliphatic heterocycles. The predicted octanol–water partition coefficient (Wildman–Crippen LogP) is 2.11. The monoisotopic (exact) mass is 369 g/mol. The third kappa shape index (κ3) is 4.84. The van der Waals surface area contributed by atoms with Gasteiger partial charge in [-0.2, -0.15) is 0 Å². The lowest BCUT2D eigenvalue weighted by Gasteiger charge is -2.25. The number of cyclic esters (lactones) is 1. The van der Waals surface area contributed by atoms with Crippen LogP contribution in [0, 0.1) is 0 Å². The number of carboxylic acids is 1. The summed E-state index contributed by atoms with van der Waals surface area (Å²) in [7, 11) is 0. The van der Waals surface area contributed by atoms with Crippen LogP contribution in [0.3, 0.4) is 0 Å². The van der Waals surface area contributed by atoms with Crippen LogP contribution in [-0.4, -0.2) is 36.1 Å². The maximum Gasteiger partial charge on any atom is 0.339 e. The summed E-state index contributed by atoms with van der Waals surface area (Å²) in [6.45, 7) is -0.143. The minimum atomic E-state index is -0.974. The summed E-state index contributed by atoms with van der Waals surface area (Å²) >= 11 is 0. The topological polar surface area (TPSA) is 102 Å². The van der Waals surface area contributed by atoms with Crippen LogP contribution in [-0.2, 0) is 20.7 Å². The summed E-state index contributed by atoms with van der Waals surface area (Å²) < 4.78 is 10.9. The number of carbonyl (C=O) groups excluding carboxylic acids is 2. The number of hydrogen-bond donors (Lipinski definition) is 2. The summed E-state index contributed by atoms with van der Waals surface area (Å²) in [4.78, 5) is 34.1. The van der Waals surface area contributed by atoms with E-state index in [-0.39, 0.29) is 31.6 Å². The molecular weight excluding hydrogens is 350 g/mol. The fraction of sp³-hybridized carbons (Fsp3) is 0.250. The van der Waals surface area contributed by atoms with E-state index in [4.69, 9.17) is 14.6 Å². The minimum Gasteiger partial charge on any atom is -0.484 e. The summed E-state index contributed by atoms with van der Waals surface area (Å²) in [6.07, 6.45) is 0.110. The second-order valence-electron chi connectivity index (χ2n) is 6.11. The zero-order valence-corrected chi connectivity index (χ0v) is 14.5. The molecule has 1 aliphatic rings. The molecule has 0 aromatic heterocycles. The van der Waals surface area contributed by atoms with Gasteiger partial charge in [-0.1, -0.05) is 30.3 Å². The first-order valence-corrected chi connectivity index (χ1v) is 8.53. The molecule has 0 fully saturated rings. The van der Waals surface area contributed by atoms with Crippen molar-refractivity contribution in [3.8, 4) is 5.75 Å². The van der Waals surface area contributed by atoms with Gasteiger partial charge >= 0.3 is 11.9 Å². The normalized spacial score (nSPS) is 15.4. The molecule has 7 heteroatoms. The van der Waals surface area contributed by atoms with E-state index in [0.717, 1.165) is 11.1 Å². The maximum atomic E-state index is 12.1. The Balaban J connectivity index is 1.54.